The lowest BCUT2D eigenvalue weighted by Gasteiger charge is -2.17. The molecule has 3 aromatic rings. The van der Waals surface area contributed by atoms with Gasteiger partial charge in [-0.2, -0.15) is 0 Å². The molecule has 0 aliphatic rings. The molecular weight excluding hydrogens is 280 g/mol. The van der Waals surface area contributed by atoms with Crippen LogP contribution in [0.1, 0.15) is 5.56 Å². The van der Waals surface area contributed by atoms with Crippen molar-refractivity contribution in [2.75, 3.05) is 18.5 Å². The summed E-state index contributed by atoms with van der Waals surface area (Å²) in [5.41, 5.74) is 1.87. The van der Waals surface area contributed by atoms with Gasteiger partial charge in [0.15, 0.2) is 0 Å². The van der Waals surface area contributed by atoms with Crippen molar-refractivity contribution in [1.29, 1.82) is 0 Å². The number of rotatable bonds is 7. The first-order chi connectivity index (χ1) is 10.9. The zero-order valence-electron chi connectivity index (χ0n) is 12.1. The molecular formula is C16H18N4O2. The summed E-state index contributed by atoms with van der Waals surface area (Å²) in [6, 6.07) is 11.6. The average molecular weight is 298 g/mol. The molecule has 0 aliphatic carbocycles. The fourth-order valence-electron chi connectivity index (χ4n) is 2.21. The first-order valence-electron chi connectivity index (χ1n) is 7.14. The van der Waals surface area contributed by atoms with Crippen LogP contribution < -0.4 is 5.32 Å². The minimum absolute atomic E-state index is 0.0370. The van der Waals surface area contributed by atoms with E-state index in [2.05, 4.69) is 20.3 Å². The maximum atomic E-state index is 9.51. The van der Waals surface area contributed by atoms with E-state index in [1.165, 1.54) is 6.33 Å². The minimum Gasteiger partial charge on any atom is -0.394 e. The standard InChI is InChI=1S/C16H18N4O2/c21-8-13(10-22-9-12-4-2-1-3-5-12)20-16-14-6-7-17-15(14)18-11-19-16/h1-7,11,13,21H,8-10H2,(H2,17,18,19,20)/t13-/m0/s1. The van der Waals surface area contributed by atoms with Gasteiger partial charge in [-0.1, -0.05) is 30.3 Å². The van der Waals surface area contributed by atoms with Crippen LogP contribution in [0.4, 0.5) is 5.82 Å². The van der Waals surface area contributed by atoms with Gasteiger partial charge in [0.05, 0.1) is 31.2 Å². The van der Waals surface area contributed by atoms with E-state index in [4.69, 9.17) is 4.74 Å². The average Bonchev–Trinajstić information content (AvgIpc) is 3.04. The highest BCUT2D eigenvalue weighted by atomic mass is 16.5. The van der Waals surface area contributed by atoms with Crippen LogP contribution >= 0.6 is 0 Å². The predicted molar refractivity (Wildman–Crippen MR) is 84.5 cm³/mol. The lowest BCUT2D eigenvalue weighted by Crippen LogP contribution is -2.29. The van der Waals surface area contributed by atoms with E-state index in [9.17, 15) is 5.11 Å². The van der Waals surface area contributed by atoms with Gasteiger partial charge in [0.1, 0.15) is 17.8 Å². The Morgan fingerprint density at radius 3 is 2.86 bits per heavy atom. The van der Waals surface area contributed by atoms with Crippen LogP contribution in [-0.4, -0.2) is 39.3 Å². The molecule has 2 aromatic heterocycles. The van der Waals surface area contributed by atoms with Crippen LogP contribution in [-0.2, 0) is 11.3 Å². The number of nitrogens with one attached hydrogen (secondary N) is 2. The summed E-state index contributed by atoms with van der Waals surface area (Å²) in [4.78, 5) is 11.4. The molecule has 0 bridgehead atoms. The third kappa shape index (κ3) is 3.41. The van der Waals surface area contributed by atoms with Gasteiger partial charge in [0, 0.05) is 6.20 Å². The maximum Gasteiger partial charge on any atom is 0.142 e. The molecule has 114 valence electrons. The predicted octanol–water partition coefficient (Wildman–Crippen LogP) is 1.95. The van der Waals surface area contributed by atoms with Gasteiger partial charge in [-0.3, -0.25) is 0 Å². The van der Waals surface area contributed by atoms with E-state index in [0.29, 0.717) is 19.0 Å². The summed E-state index contributed by atoms with van der Waals surface area (Å²) in [6.07, 6.45) is 3.30. The number of aromatic amines is 1. The zero-order valence-corrected chi connectivity index (χ0v) is 12.1. The van der Waals surface area contributed by atoms with Crippen LogP contribution in [0.2, 0.25) is 0 Å². The second kappa shape index (κ2) is 7.02. The molecule has 3 N–H and O–H groups in total. The highest BCUT2D eigenvalue weighted by Crippen LogP contribution is 2.18. The summed E-state index contributed by atoms with van der Waals surface area (Å²) >= 11 is 0. The first-order valence-corrected chi connectivity index (χ1v) is 7.14. The van der Waals surface area contributed by atoms with Crippen molar-refractivity contribution >= 4 is 16.9 Å². The lowest BCUT2D eigenvalue weighted by molar-refractivity contribution is 0.0951. The molecule has 6 nitrogen and oxygen atoms in total. The Morgan fingerprint density at radius 1 is 1.18 bits per heavy atom. The number of aliphatic hydroxyl groups excluding tert-OH is 1. The van der Waals surface area contributed by atoms with E-state index in [1.807, 2.05) is 42.6 Å². The Bertz CT molecular complexity index is 714. The van der Waals surface area contributed by atoms with Crippen molar-refractivity contribution in [3.8, 4) is 0 Å². The zero-order chi connectivity index (χ0) is 15.2. The van der Waals surface area contributed by atoms with Gasteiger partial charge in [0.2, 0.25) is 0 Å². The number of hydrogen-bond donors (Lipinski definition) is 3. The molecule has 2 heterocycles. The van der Waals surface area contributed by atoms with E-state index < -0.39 is 0 Å². The molecule has 0 aliphatic heterocycles. The monoisotopic (exact) mass is 298 g/mol. The molecule has 1 atom stereocenters. The van der Waals surface area contributed by atoms with E-state index >= 15 is 0 Å². The third-order valence-electron chi connectivity index (χ3n) is 3.35. The van der Waals surface area contributed by atoms with Crippen molar-refractivity contribution in [2.24, 2.45) is 0 Å². The van der Waals surface area contributed by atoms with Gasteiger partial charge in [0.25, 0.3) is 0 Å². The molecule has 0 amide bonds. The molecule has 0 saturated heterocycles. The number of aliphatic hydroxyl groups is 1. The van der Waals surface area contributed by atoms with Gasteiger partial charge >= 0.3 is 0 Å². The second-order valence-corrected chi connectivity index (χ2v) is 4.99. The topological polar surface area (TPSA) is 83.1 Å². The fourth-order valence-corrected chi connectivity index (χ4v) is 2.21. The molecule has 1 aromatic carbocycles. The largest absolute Gasteiger partial charge is 0.394 e. The van der Waals surface area contributed by atoms with E-state index in [-0.39, 0.29) is 12.6 Å². The Balaban J connectivity index is 1.59. The normalized spacial score (nSPS) is 12.4. The Morgan fingerprint density at radius 2 is 2.05 bits per heavy atom. The molecule has 0 unspecified atom stereocenters. The number of ether oxygens (including phenoxy) is 1. The maximum absolute atomic E-state index is 9.51. The fraction of sp³-hybridized carbons (Fsp3) is 0.250. The number of fused-ring (bicyclic) bond motifs is 1. The van der Waals surface area contributed by atoms with E-state index in [0.717, 1.165) is 16.6 Å². The summed E-state index contributed by atoms with van der Waals surface area (Å²) in [5.74, 6) is 0.689. The summed E-state index contributed by atoms with van der Waals surface area (Å²) < 4.78 is 5.66. The van der Waals surface area contributed by atoms with Crippen molar-refractivity contribution in [2.45, 2.75) is 12.6 Å². The highest BCUT2D eigenvalue weighted by molar-refractivity contribution is 5.86. The van der Waals surface area contributed by atoms with Crippen molar-refractivity contribution in [3.05, 3.63) is 54.5 Å². The molecule has 0 saturated carbocycles. The smallest absolute Gasteiger partial charge is 0.142 e. The summed E-state index contributed by atoms with van der Waals surface area (Å²) in [7, 11) is 0. The third-order valence-corrected chi connectivity index (χ3v) is 3.35. The number of anilines is 1. The quantitative estimate of drug-likeness (QED) is 0.621. The molecule has 0 fully saturated rings. The number of aromatic nitrogens is 3. The molecule has 0 spiro atoms. The van der Waals surface area contributed by atoms with Crippen molar-refractivity contribution in [1.82, 2.24) is 15.0 Å². The number of H-pyrrole nitrogens is 1. The van der Waals surface area contributed by atoms with Gasteiger partial charge in [-0.15, -0.1) is 0 Å². The first kappa shape index (κ1) is 14.5. The van der Waals surface area contributed by atoms with Crippen molar-refractivity contribution < 1.29 is 9.84 Å². The van der Waals surface area contributed by atoms with Crippen LogP contribution in [0, 0.1) is 0 Å². The van der Waals surface area contributed by atoms with Gasteiger partial charge in [-0.25, -0.2) is 9.97 Å². The number of nitrogens with zero attached hydrogens (tertiary/aromatic N) is 2. The molecule has 22 heavy (non-hydrogen) atoms. The number of hydrogen-bond acceptors (Lipinski definition) is 5. The minimum atomic E-state index is -0.225. The van der Waals surface area contributed by atoms with Crippen molar-refractivity contribution in [3.63, 3.8) is 0 Å². The van der Waals surface area contributed by atoms with E-state index in [1.54, 1.807) is 0 Å². The lowest BCUT2D eigenvalue weighted by atomic mass is 10.2. The summed E-state index contributed by atoms with van der Waals surface area (Å²) in [5, 5.41) is 13.6. The SMILES string of the molecule is OC[C@@H](COCc1ccccc1)Nc1ncnc2[nH]ccc12. The molecule has 0 radical (unpaired) electrons. The van der Waals surface area contributed by atoms with Gasteiger partial charge < -0.3 is 20.1 Å². The second-order valence-electron chi connectivity index (χ2n) is 4.99. The van der Waals surface area contributed by atoms with Crippen LogP contribution in [0.5, 0.6) is 0 Å². The molecule has 3 rings (SSSR count). The Kier molecular flexibility index (Phi) is 4.62. The Hall–Kier alpha value is -2.44. The highest BCUT2D eigenvalue weighted by Gasteiger charge is 2.11. The van der Waals surface area contributed by atoms with Crippen LogP contribution in [0.3, 0.4) is 0 Å². The van der Waals surface area contributed by atoms with Crippen LogP contribution in [0.15, 0.2) is 48.9 Å². The molecule has 6 heteroatoms. The number of benzene rings is 1. The Labute approximate surface area is 128 Å². The summed E-state index contributed by atoms with van der Waals surface area (Å²) in [6.45, 7) is 0.869. The van der Waals surface area contributed by atoms with Gasteiger partial charge in [-0.05, 0) is 11.6 Å². The van der Waals surface area contributed by atoms with Crippen LogP contribution in [0.25, 0.3) is 11.0 Å².